The Kier molecular flexibility index (Phi) is 8.89. The van der Waals surface area contributed by atoms with Crippen molar-refractivity contribution in [3.63, 3.8) is 0 Å². The van der Waals surface area contributed by atoms with Gasteiger partial charge in [0.05, 0.1) is 12.1 Å². The zero-order valence-corrected chi connectivity index (χ0v) is 24.3. The van der Waals surface area contributed by atoms with Crippen LogP contribution in [-0.2, 0) is 4.74 Å². The van der Waals surface area contributed by atoms with E-state index in [4.69, 9.17) is 9.47 Å². The van der Waals surface area contributed by atoms with Gasteiger partial charge in [0.25, 0.3) is 17.7 Å². The van der Waals surface area contributed by atoms with Gasteiger partial charge in [-0.3, -0.25) is 9.59 Å². The molecule has 1 fully saturated rings. The number of nitrogens with one attached hydrogen (secondary N) is 2. The fourth-order valence-electron chi connectivity index (χ4n) is 5.54. The van der Waals surface area contributed by atoms with E-state index in [2.05, 4.69) is 10.6 Å². The number of halogens is 2. The standard InChI is InChI=1S/C31H39F2N3O5/c1-19-25(20-10-7-6-8-11-20)23-16-21(17-24(26(23)40-19)28(38)34-5)27(37)35-14-9-12-22-13-15-36(18-31(22,32)33)29(39)41-30(2,3)4/h6-8,10-11,16-17,19,22,25H,9,12-15,18H2,1-5H3,(H,34,38)(H,35,37)/t19-,22?,25+/m1/s1. The van der Waals surface area contributed by atoms with Crippen molar-refractivity contribution < 1.29 is 32.6 Å². The highest BCUT2D eigenvalue weighted by Gasteiger charge is 2.46. The lowest BCUT2D eigenvalue weighted by atomic mass is 9.87. The summed E-state index contributed by atoms with van der Waals surface area (Å²) >= 11 is 0. The number of fused-ring (bicyclic) bond motifs is 1. The van der Waals surface area contributed by atoms with Crippen molar-refractivity contribution >= 4 is 17.9 Å². The molecule has 0 spiro atoms. The zero-order chi connectivity index (χ0) is 29.9. The third-order valence-corrected chi connectivity index (χ3v) is 7.53. The summed E-state index contributed by atoms with van der Waals surface area (Å²) in [4.78, 5) is 39.2. The van der Waals surface area contributed by atoms with Crippen molar-refractivity contribution in [2.24, 2.45) is 5.92 Å². The van der Waals surface area contributed by atoms with Crippen LogP contribution < -0.4 is 15.4 Å². The lowest BCUT2D eigenvalue weighted by Gasteiger charge is -2.38. The van der Waals surface area contributed by atoms with Gasteiger partial charge in [0.1, 0.15) is 17.5 Å². The second-order valence-corrected chi connectivity index (χ2v) is 11.8. The van der Waals surface area contributed by atoms with Gasteiger partial charge in [-0.2, -0.15) is 0 Å². The van der Waals surface area contributed by atoms with Crippen molar-refractivity contribution in [1.82, 2.24) is 15.5 Å². The summed E-state index contributed by atoms with van der Waals surface area (Å²) in [6.45, 7) is 6.73. The SMILES string of the molecule is CNC(=O)c1cc(C(=O)NCCCC2CCN(C(=O)OC(C)(C)C)CC2(F)F)cc2c1O[C@H](C)[C@H]2c1ccccc1. The highest BCUT2D eigenvalue weighted by molar-refractivity contribution is 6.02. The Balaban J connectivity index is 1.40. The normalized spacial score (nSPS) is 21.4. The summed E-state index contributed by atoms with van der Waals surface area (Å²) in [7, 11) is 1.52. The molecule has 0 aliphatic carbocycles. The molecule has 0 aromatic heterocycles. The molecule has 0 saturated carbocycles. The number of carbonyl (C=O) groups is 3. The first-order valence-corrected chi connectivity index (χ1v) is 14.1. The average Bonchev–Trinajstić information content (AvgIpc) is 3.25. The van der Waals surface area contributed by atoms with Crippen LogP contribution in [-0.4, -0.2) is 67.1 Å². The number of likely N-dealkylation sites (tertiary alicyclic amines) is 1. The summed E-state index contributed by atoms with van der Waals surface area (Å²) in [5, 5.41) is 5.43. The highest BCUT2D eigenvalue weighted by Crippen LogP contribution is 2.45. The lowest BCUT2D eigenvalue weighted by molar-refractivity contribution is -0.112. The molecule has 0 bridgehead atoms. The quantitative estimate of drug-likeness (QED) is 0.436. The molecule has 10 heteroatoms. The molecule has 222 valence electrons. The molecule has 2 heterocycles. The van der Waals surface area contributed by atoms with Crippen LogP contribution in [0.3, 0.4) is 0 Å². The van der Waals surface area contributed by atoms with Gasteiger partial charge in [0.15, 0.2) is 0 Å². The van der Waals surface area contributed by atoms with E-state index < -0.39 is 36.0 Å². The molecule has 2 N–H and O–H groups in total. The van der Waals surface area contributed by atoms with Crippen molar-refractivity contribution in [2.75, 3.05) is 26.7 Å². The minimum Gasteiger partial charge on any atom is -0.489 e. The van der Waals surface area contributed by atoms with Gasteiger partial charge in [-0.15, -0.1) is 0 Å². The van der Waals surface area contributed by atoms with Gasteiger partial charge in [-0.1, -0.05) is 30.3 Å². The van der Waals surface area contributed by atoms with Gasteiger partial charge in [-0.05, 0) is 64.7 Å². The number of nitrogens with zero attached hydrogens (tertiary/aromatic N) is 1. The van der Waals surface area contributed by atoms with E-state index in [0.717, 1.165) is 16.0 Å². The number of amides is 3. The molecular weight excluding hydrogens is 532 g/mol. The first-order chi connectivity index (χ1) is 19.3. The predicted octanol–water partition coefficient (Wildman–Crippen LogP) is 5.36. The van der Waals surface area contributed by atoms with Crippen LogP contribution >= 0.6 is 0 Å². The molecule has 0 radical (unpaired) electrons. The molecule has 1 saturated heterocycles. The summed E-state index contributed by atoms with van der Waals surface area (Å²) < 4.78 is 41.1. The Bertz CT molecular complexity index is 1280. The van der Waals surface area contributed by atoms with Crippen LogP contribution in [0.4, 0.5) is 13.6 Å². The van der Waals surface area contributed by atoms with Gasteiger partial charge in [0.2, 0.25) is 0 Å². The van der Waals surface area contributed by atoms with Gasteiger partial charge in [0, 0.05) is 43.1 Å². The second kappa shape index (κ2) is 12.0. The van der Waals surface area contributed by atoms with Crippen molar-refractivity contribution in [3.8, 4) is 5.75 Å². The van der Waals surface area contributed by atoms with Gasteiger partial charge in [-0.25, -0.2) is 13.6 Å². The summed E-state index contributed by atoms with van der Waals surface area (Å²) in [5.74, 6) is -4.40. The van der Waals surface area contributed by atoms with Crippen molar-refractivity contribution in [1.29, 1.82) is 0 Å². The second-order valence-electron chi connectivity index (χ2n) is 11.8. The van der Waals surface area contributed by atoms with Gasteiger partial charge < -0.3 is 25.0 Å². The Hall–Kier alpha value is -3.69. The number of hydrogen-bond acceptors (Lipinski definition) is 5. The Morgan fingerprint density at radius 2 is 1.83 bits per heavy atom. The van der Waals surface area contributed by atoms with Crippen LogP contribution in [0.15, 0.2) is 42.5 Å². The molecule has 3 amide bonds. The number of alkyl halides is 2. The minimum atomic E-state index is -3.05. The fourth-order valence-corrected chi connectivity index (χ4v) is 5.54. The smallest absolute Gasteiger partial charge is 0.410 e. The third kappa shape index (κ3) is 6.97. The molecule has 1 unspecified atom stereocenters. The highest BCUT2D eigenvalue weighted by atomic mass is 19.3. The van der Waals surface area contributed by atoms with Crippen LogP contribution in [0.1, 0.15) is 84.7 Å². The average molecular weight is 572 g/mol. The number of rotatable bonds is 7. The maximum Gasteiger partial charge on any atom is 0.410 e. The molecule has 2 aliphatic heterocycles. The molecule has 2 aromatic rings. The Morgan fingerprint density at radius 1 is 1.12 bits per heavy atom. The van der Waals surface area contributed by atoms with Crippen molar-refractivity contribution in [3.05, 3.63) is 64.7 Å². The first kappa shape index (κ1) is 30.3. The summed E-state index contributed by atoms with van der Waals surface area (Å²) in [6, 6.07) is 13.0. The molecule has 3 atom stereocenters. The number of hydrogen-bond donors (Lipinski definition) is 2. The van der Waals surface area contributed by atoms with Crippen LogP contribution in [0.5, 0.6) is 5.75 Å². The Labute approximate surface area is 239 Å². The van der Waals surface area contributed by atoms with E-state index in [9.17, 15) is 23.2 Å². The van der Waals surface area contributed by atoms with E-state index in [1.807, 2.05) is 37.3 Å². The van der Waals surface area contributed by atoms with E-state index in [1.165, 1.54) is 13.1 Å². The maximum atomic E-state index is 14.9. The molecule has 2 aliphatic rings. The van der Waals surface area contributed by atoms with Crippen LogP contribution in [0, 0.1) is 5.92 Å². The Morgan fingerprint density at radius 3 is 2.46 bits per heavy atom. The number of piperidine rings is 1. The summed E-state index contributed by atoms with van der Waals surface area (Å²) in [5.41, 5.74) is 1.59. The number of carbonyl (C=O) groups excluding carboxylic acids is 3. The monoisotopic (exact) mass is 571 g/mol. The molecular formula is C31H39F2N3O5. The number of ether oxygens (including phenoxy) is 2. The van der Waals surface area contributed by atoms with Gasteiger partial charge >= 0.3 is 6.09 Å². The molecule has 8 nitrogen and oxygen atoms in total. The minimum absolute atomic E-state index is 0.152. The largest absolute Gasteiger partial charge is 0.489 e. The van der Waals surface area contributed by atoms with Crippen LogP contribution in [0.2, 0.25) is 0 Å². The zero-order valence-electron chi connectivity index (χ0n) is 24.3. The predicted molar refractivity (Wildman–Crippen MR) is 151 cm³/mol. The molecule has 2 aromatic carbocycles. The van der Waals surface area contributed by atoms with Crippen LogP contribution in [0.25, 0.3) is 0 Å². The topological polar surface area (TPSA) is 97.0 Å². The van der Waals surface area contributed by atoms with Crippen molar-refractivity contribution in [2.45, 2.75) is 70.5 Å². The maximum absolute atomic E-state index is 14.9. The lowest BCUT2D eigenvalue weighted by Crippen LogP contribution is -2.51. The third-order valence-electron chi connectivity index (χ3n) is 7.53. The van der Waals surface area contributed by atoms with E-state index in [1.54, 1.807) is 26.8 Å². The number of benzene rings is 2. The first-order valence-electron chi connectivity index (χ1n) is 14.1. The van der Waals surface area contributed by atoms with E-state index in [0.29, 0.717) is 17.7 Å². The fraction of sp³-hybridized carbons (Fsp3) is 0.516. The molecule has 4 rings (SSSR count). The molecule has 41 heavy (non-hydrogen) atoms. The summed E-state index contributed by atoms with van der Waals surface area (Å²) in [6.07, 6.45) is -0.275. The van der Waals surface area contributed by atoms with E-state index in [-0.39, 0.29) is 49.4 Å². The van der Waals surface area contributed by atoms with E-state index >= 15 is 0 Å².